The van der Waals surface area contributed by atoms with Crippen LogP contribution in [0.1, 0.15) is 39.9 Å². The van der Waals surface area contributed by atoms with Crippen molar-refractivity contribution in [1.29, 1.82) is 0 Å². The summed E-state index contributed by atoms with van der Waals surface area (Å²) in [6.07, 6.45) is -3.69. The fourth-order valence-electron chi connectivity index (χ4n) is 5.59. The van der Waals surface area contributed by atoms with Gasteiger partial charge in [-0.2, -0.15) is 28.1 Å². The van der Waals surface area contributed by atoms with E-state index in [1.54, 1.807) is 12.1 Å². The first-order chi connectivity index (χ1) is 24.9. The van der Waals surface area contributed by atoms with Gasteiger partial charge in [-0.25, -0.2) is 0 Å². The smallest absolute Gasteiger partial charge is 0.422 e. The molecule has 3 amide bonds. The predicted molar refractivity (Wildman–Crippen MR) is 184 cm³/mol. The van der Waals surface area contributed by atoms with Gasteiger partial charge in [-0.3, -0.25) is 14.4 Å². The number of alkyl halides is 3. The SMILES string of the molecule is O=C(NCC(O)CNC(=O)c1ccc(Nc2nc(NC3(c4ccc(Cl)cc4)CC3)nc(OCC(F)(F)F)n2)cc1)C(=O)N1CCc2ccccc2C1. The zero-order chi connectivity index (χ0) is 36.9. The third kappa shape index (κ3) is 9.44. The Morgan fingerprint density at radius 3 is 2.27 bits per heavy atom. The van der Waals surface area contributed by atoms with E-state index in [2.05, 4.69) is 36.2 Å². The Balaban J connectivity index is 1.01. The standard InChI is InChI=1S/C35H34ClF3N8O5/c36-25-9-7-24(8-10-25)34(14-15-34)46-32-43-31(44-33(45-32)52-20-35(37,38)39)42-26-11-5-22(6-12-26)28(49)40-17-27(48)18-41-29(50)30(51)47-16-13-21-3-1-2-4-23(21)19-47/h1-12,27,48H,13-20H2,(H,40,49)(H,41,50)(H2,42,43,44,45,46). The molecule has 13 nitrogen and oxygen atoms in total. The molecule has 0 saturated heterocycles. The zero-order valence-corrected chi connectivity index (χ0v) is 28.3. The summed E-state index contributed by atoms with van der Waals surface area (Å²) in [7, 11) is 0. The number of anilines is 3. The lowest BCUT2D eigenvalue weighted by molar-refractivity contribution is -0.154. The van der Waals surface area contributed by atoms with Crippen LogP contribution >= 0.6 is 11.6 Å². The van der Waals surface area contributed by atoms with Crippen LogP contribution in [0.3, 0.4) is 0 Å². The number of carbonyl (C=O) groups is 3. The number of fused-ring (bicyclic) bond motifs is 1. The highest BCUT2D eigenvalue weighted by molar-refractivity contribution is 6.35. The van der Waals surface area contributed by atoms with Gasteiger partial charge >= 0.3 is 24.0 Å². The number of ether oxygens (including phenoxy) is 1. The summed E-state index contributed by atoms with van der Waals surface area (Å²) >= 11 is 6.02. The predicted octanol–water partition coefficient (Wildman–Crippen LogP) is 4.10. The van der Waals surface area contributed by atoms with E-state index >= 15 is 0 Å². The van der Waals surface area contributed by atoms with Crippen molar-refractivity contribution in [2.45, 2.75) is 43.6 Å². The molecule has 0 radical (unpaired) electrons. The zero-order valence-electron chi connectivity index (χ0n) is 27.5. The van der Waals surface area contributed by atoms with Crippen LogP contribution in [0.5, 0.6) is 6.01 Å². The summed E-state index contributed by atoms with van der Waals surface area (Å²) < 4.78 is 43.6. The van der Waals surface area contributed by atoms with Crippen LogP contribution in [-0.2, 0) is 28.1 Å². The molecule has 0 spiro atoms. The lowest BCUT2D eigenvalue weighted by Gasteiger charge is -2.28. The summed E-state index contributed by atoms with van der Waals surface area (Å²) in [5, 5.41) is 22.0. The Labute approximate surface area is 301 Å². The van der Waals surface area contributed by atoms with Gasteiger partial charge in [-0.15, -0.1) is 0 Å². The number of benzene rings is 3. The van der Waals surface area contributed by atoms with Crippen LogP contribution in [0.4, 0.5) is 30.8 Å². The number of hydrogen-bond donors (Lipinski definition) is 5. The van der Waals surface area contributed by atoms with E-state index in [-0.39, 0.29) is 30.5 Å². The minimum atomic E-state index is -4.62. The van der Waals surface area contributed by atoms with E-state index in [0.29, 0.717) is 30.2 Å². The number of carbonyl (C=O) groups excluding carboxylic acids is 3. The molecule has 1 atom stereocenters. The molecule has 1 fully saturated rings. The van der Waals surface area contributed by atoms with Crippen molar-refractivity contribution < 1.29 is 37.4 Å². The average Bonchev–Trinajstić information content (AvgIpc) is 3.91. The van der Waals surface area contributed by atoms with Crippen molar-refractivity contribution in [3.63, 3.8) is 0 Å². The maximum atomic E-state index is 12.9. The monoisotopic (exact) mass is 738 g/mol. The first kappa shape index (κ1) is 36.3. The third-order valence-electron chi connectivity index (χ3n) is 8.49. The van der Waals surface area contributed by atoms with Crippen LogP contribution < -0.4 is 26.0 Å². The van der Waals surface area contributed by atoms with Crippen LogP contribution in [0, 0.1) is 0 Å². The third-order valence-corrected chi connectivity index (χ3v) is 8.74. The van der Waals surface area contributed by atoms with E-state index in [1.165, 1.54) is 29.2 Å². The van der Waals surface area contributed by atoms with E-state index in [9.17, 15) is 32.7 Å². The summed E-state index contributed by atoms with van der Waals surface area (Å²) in [6, 6.07) is 20.3. The van der Waals surface area contributed by atoms with Crippen LogP contribution in [0.15, 0.2) is 72.8 Å². The van der Waals surface area contributed by atoms with Gasteiger partial charge in [0.05, 0.1) is 11.6 Å². The highest BCUT2D eigenvalue weighted by Gasteiger charge is 2.45. The molecule has 1 unspecified atom stereocenters. The Hall–Kier alpha value is -5.48. The van der Waals surface area contributed by atoms with Gasteiger partial charge < -0.3 is 36.0 Å². The van der Waals surface area contributed by atoms with Gasteiger partial charge in [0.2, 0.25) is 11.9 Å². The van der Waals surface area contributed by atoms with Crippen molar-refractivity contribution in [3.8, 4) is 6.01 Å². The lowest BCUT2D eigenvalue weighted by Crippen LogP contribution is -2.47. The van der Waals surface area contributed by atoms with Crippen molar-refractivity contribution in [3.05, 3.63) is 100 Å². The summed E-state index contributed by atoms with van der Waals surface area (Å²) in [4.78, 5) is 51.6. The Kier molecular flexibility index (Phi) is 10.8. The van der Waals surface area contributed by atoms with Crippen molar-refractivity contribution in [2.75, 3.05) is 36.9 Å². The van der Waals surface area contributed by atoms with Crippen LogP contribution in [0.25, 0.3) is 0 Å². The lowest BCUT2D eigenvalue weighted by atomic mass is 10.00. The number of aliphatic hydroxyl groups excluding tert-OH is 1. The number of rotatable bonds is 12. The molecule has 17 heteroatoms. The van der Waals surface area contributed by atoms with Gasteiger partial charge in [0, 0.05) is 42.5 Å². The first-order valence-electron chi connectivity index (χ1n) is 16.3. The fraction of sp³-hybridized carbons (Fsp3) is 0.314. The average molecular weight is 739 g/mol. The highest BCUT2D eigenvalue weighted by Crippen LogP contribution is 2.48. The number of halogens is 4. The second-order valence-corrected chi connectivity index (χ2v) is 12.8. The second kappa shape index (κ2) is 15.4. The minimum absolute atomic E-state index is 0.00509. The fourth-order valence-corrected chi connectivity index (χ4v) is 5.72. The number of hydrogen-bond acceptors (Lipinski definition) is 10. The van der Waals surface area contributed by atoms with Crippen molar-refractivity contribution >= 4 is 46.9 Å². The summed E-state index contributed by atoms with van der Waals surface area (Å²) in [6.45, 7) is -1.32. The second-order valence-electron chi connectivity index (χ2n) is 12.4. The normalized spacial score (nSPS) is 15.1. The van der Waals surface area contributed by atoms with Gasteiger partial charge in [-0.1, -0.05) is 48.0 Å². The minimum Gasteiger partial charge on any atom is -0.454 e. The molecule has 6 rings (SSSR count). The first-order valence-corrected chi connectivity index (χ1v) is 16.7. The van der Waals surface area contributed by atoms with E-state index in [4.69, 9.17) is 16.3 Å². The van der Waals surface area contributed by atoms with Crippen LogP contribution in [0.2, 0.25) is 5.02 Å². The number of nitrogens with zero attached hydrogens (tertiary/aromatic N) is 4. The Morgan fingerprint density at radius 2 is 1.58 bits per heavy atom. The van der Waals surface area contributed by atoms with Crippen molar-refractivity contribution in [2.24, 2.45) is 0 Å². The molecule has 1 aromatic heterocycles. The molecule has 3 aromatic carbocycles. The molecule has 52 heavy (non-hydrogen) atoms. The van der Waals surface area contributed by atoms with Gasteiger partial charge in [-0.05, 0) is 72.4 Å². The molecule has 1 aliphatic carbocycles. The van der Waals surface area contributed by atoms with E-state index in [0.717, 1.165) is 29.5 Å². The molecule has 1 saturated carbocycles. The largest absolute Gasteiger partial charge is 0.454 e. The van der Waals surface area contributed by atoms with Gasteiger partial charge in [0.15, 0.2) is 6.61 Å². The number of amides is 3. The number of aromatic nitrogens is 3. The highest BCUT2D eigenvalue weighted by atomic mass is 35.5. The molecule has 2 aliphatic rings. The molecule has 5 N–H and O–H groups in total. The molecule has 2 heterocycles. The summed E-state index contributed by atoms with van der Waals surface area (Å²) in [5.74, 6) is -2.17. The van der Waals surface area contributed by atoms with Gasteiger partial charge in [0.25, 0.3) is 5.91 Å². The Bertz CT molecular complexity index is 1930. The molecular weight excluding hydrogens is 705 g/mol. The maximum Gasteiger partial charge on any atom is 0.422 e. The topological polar surface area (TPSA) is 171 Å². The number of aliphatic hydroxyl groups is 1. The maximum absolute atomic E-state index is 12.9. The van der Waals surface area contributed by atoms with E-state index < -0.39 is 48.2 Å². The molecule has 1 aliphatic heterocycles. The molecule has 272 valence electrons. The van der Waals surface area contributed by atoms with Crippen LogP contribution in [-0.4, -0.2) is 81.2 Å². The van der Waals surface area contributed by atoms with E-state index in [1.807, 2.05) is 36.4 Å². The molecule has 0 bridgehead atoms. The Morgan fingerprint density at radius 1 is 0.904 bits per heavy atom. The molecule has 4 aromatic rings. The molecular formula is C35H34ClF3N8O5. The van der Waals surface area contributed by atoms with Crippen molar-refractivity contribution in [1.82, 2.24) is 30.5 Å². The quantitative estimate of drug-likeness (QED) is 0.133. The summed E-state index contributed by atoms with van der Waals surface area (Å²) in [5.41, 5.74) is 3.13. The number of nitrogens with one attached hydrogen (secondary N) is 4. The van der Waals surface area contributed by atoms with Gasteiger partial charge in [0.1, 0.15) is 0 Å².